The van der Waals surface area contributed by atoms with Gasteiger partial charge in [-0.3, -0.25) is 0 Å². The smallest absolute Gasteiger partial charge is 0.407 e. The highest BCUT2D eigenvalue weighted by Gasteiger charge is 2.23. The average molecular weight is 411 g/mol. The van der Waals surface area contributed by atoms with Crippen LogP contribution in [0.2, 0.25) is 0 Å². The van der Waals surface area contributed by atoms with E-state index in [0.29, 0.717) is 4.60 Å². The Bertz CT molecular complexity index is 699. The second-order valence-corrected chi connectivity index (χ2v) is 6.14. The van der Waals surface area contributed by atoms with Crippen LogP contribution in [0.5, 0.6) is 5.75 Å². The fourth-order valence-electron chi connectivity index (χ4n) is 2.10. The summed E-state index contributed by atoms with van der Waals surface area (Å²) in [6.45, 7) is 0.244. The number of hydrogen-bond acceptors (Lipinski definition) is 6. The van der Waals surface area contributed by atoms with Crippen LogP contribution in [0.4, 0.5) is 4.79 Å². The molecule has 0 radical (unpaired) electrons. The molecular weight excluding hydrogens is 392 g/mol. The molecule has 2 unspecified atom stereocenters. The Morgan fingerprint density at radius 3 is 2.64 bits per heavy atom. The molecule has 0 aliphatic heterocycles. The number of rotatable bonds is 7. The molecule has 134 valence electrons. The number of carbonyl (C=O) groups is 1. The first-order valence-corrected chi connectivity index (χ1v) is 8.42. The first-order chi connectivity index (χ1) is 12.0. The monoisotopic (exact) mass is 410 g/mol. The van der Waals surface area contributed by atoms with Gasteiger partial charge in [0.15, 0.2) is 0 Å². The third kappa shape index (κ3) is 6.00. The van der Waals surface area contributed by atoms with Gasteiger partial charge in [0.05, 0.1) is 6.10 Å². The number of aliphatic hydroxyl groups excluding tert-OH is 2. The molecule has 4 N–H and O–H groups in total. The zero-order valence-electron chi connectivity index (χ0n) is 13.3. The van der Waals surface area contributed by atoms with Crippen molar-refractivity contribution in [3.05, 3.63) is 58.3 Å². The summed E-state index contributed by atoms with van der Waals surface area (Å²) in [5.74, 6) is -0.218. The Balaban J connectivity index is 1.75. The van der Waals surface area contributed by atoms with E-state index in [1.807, 2.05) is 30.3 Å². The van der Waals surface area contributed by atoms with Crippen LogP contribution < -0.4 is 5.32 Å². The molecule has 7 nitrogen and oxygen atoms in total. The molecule has 25 heavy (non-hydrogen) atoms. The minimum atomic E-state index is -1.38. The van der Waals surface area contributed by atoms with Crippen LogP contribution >= 0.6 is 15.9 Å². The normalized spacial score (nSPS) is 13.1. The van der Waals surface area contributed by atoms with Crippen LogP contribution in [-0.2, 0) is 11.3 Å². The lowest BCUT2D eigenvalue weighted by atomic mass is 10.1. The standard InChI is InChI=1S/C17H19BrN2O5/c18-14-7-6-12(21)15(20-14)16(23)13(22)8-9-19-17(24)25-10-11-4-2-1-3-5-11/h1-7,13,16,21-23H,8-10H2,(H,19,24). The number of pyridine rings is 1. The number of carbonyl (C=O) groups excluding carboxylic acids is 1. The van der Waals surface area contributed by atoms with Gasteiger partial charge in [-0.2, -0.15) is 0 Å². The Morgan fingerprint density at radius 2 is 1.92 bits per heavy atom. The van der Waals surface area contributed by atoms with Crippen molar-refractivity contribution in [2.45, 2.75) is 25.2 Å². The lowest BCUT2D eigenvalue weighted by molar-refractivity contribution is 0.00965. The van der Waals surface area contributed by atoms with Gasteiger partial charge in [0.2, 0.25) is 0 Å². The first kappa shape index (κ1) is 19.2. The van der Waals surface area contributed by atoms with Gasteiger partial charge in [-0.15, -0.1) is 0 Å². The van der Waals surface area contributed by atoms with Gasteiger partial charge in [0.25, 0.3) is 0 Å². The van der Waals surface area contributed by atoms with Gasteiger partial charge in [0.1, 0.15) is 28.8 Å². The maximum Gasteiger partial charge on any atom is 0.407 e. The van der Waals surface area contributed by atoms with Gasteiger partial charge in [-0.1, -0.05) is 30.3 Å². The minimum Gasteiger partial charge on any atom is -0.506 e. The van der Waals surface area contributed by atoms with E-state index in [1.165, 1.54) is 12.1 Å². The van der Waals surface area contributed by atoms with E-state index in [-0.39, 0.29) is 31.0 Å². The molecule has 0 aliphatic rings. The summed E-state index contributed by atoms with van der Waals surface area (Å²) in [5, 5.41) is 32.3. The topological polar surface area (TPSA) is 112 Å². The summed E-state index contributed by atoms with van der Waals surface area (Å²) in [6, 6.07) is 12.1. The van der Waals surface area contributed by atoms with E-state index >= 15 is 0 Å². The molecule has 0 saturated carbocycles. The van der Waals surface area contributed by atoms with E-state index in [1.54, 1.807) is 0 Å². The van der Waals surface area contributed by atoms with Crippen molar-refractivity contribution in [1.29, 1.82) is 0 Å². The molecule has 0 fully saturated rings. The van der Waals surface area contributed by atoms with Crippen LogP contribution in [0, 0.1) is 0 Å². The van der Waals surface area contributed by atoms with E-state index < -0.39 is 18.3 Å². The van der Waals surface area contributed by atoms with Crippen molar-refractivity contribution in [3.63, 3.8) is 0 Å². The van der Waals surface area contributed by atoms with Gasteiger partial charge in [0, 0.05) is 6.54 Å². The number of nitrogens with one attached hydrogen (secondary N) is 1. The zero-order chi connectivity index (χ0) is 18.2. The molecule has 0 aliphatic carbocycles. The molecule has 1 aromatic heterocycles. The van der Waals surface area contributed by atoms with Crippen molar-refractivity contribution in [2.24, 2.45) is 0 Å². The van der Waals surface area contributed by atoms with Gasteiger partial charge < -0.3 is 25.4 Å². The predicted molar refractivity (Wildman–Crippen MR) is 93.8 cm³/mol. The van der Waals surface area contributed by atoms with E-state index in [9.17, 15) is 20.1 Å². The molecular formula is C17H19BrN2O5. The maximum atomic E-state index is 11.6. The summed E-state index contributed by atoms with van der Waals surface area (Å²) >= 11 is 3.13. The Kier molecular flexibility index (Phi) is 7.17. The van der Waals surface area contributed by atoms with Gasteiger partial charge in [-0.25, -0.2) is 9.78 Å². The highest BCUT2D eigenvalue weighted by Crippen LogP contribution is 2.27. The second-order valence-electron chi connectivity index (χ2n) is 5.33. The Hall–Kier alpha value is -2.16. The van der Waals surface area contributed by atoms with Gasteiger partial charge >= 0.3 is 6.09 Å². The summed E-state index contributed by atoms with van der Waals surface area (Å²) in [7, 11) is 0. The number of aromatic nitrogens is 1. The lowest BCUT2D eigenvalue weighted by Gasteiger charge is -2.18. The van der Waals surface area contributed by atoms with Crippen molar-refractivity contribution >= 4 is 22.0 Å². The number of amides is 1. The SMILES string of the molecule is O=C(NCCC(O)C(O)c1nc(Br)ccc1O)OCc1ccccc1. The predicted octanol–water partition coefficient (Wildman–Crippen LogP) is 2.26. The Labute approximate surface area is 153 Å². The number of benzene rings is 1. The second kappa shape index (κ2) is 9.36. The summed E-state index contributed by atoms with van der Waals surface area (Å²) in [5.41, 5.74) is 0.831. The van der Waals surface area contributed by atoms with E-state index in [0.717, 1.165) is 5.56 Å². The molecule has 2 atom stereocenters. The molecule has 2 rings (SSSR count). The number of halogens is 1. The van der Waals surface area contributed by atoms with E-state index in [4.69, 9.17) is 4.74 Å². The summed E-state index contributed by atoms with van der Waals surface area (Å²) in [4.78, 5) is 15.5. The molecule has 0 bridgehead atoms. The molecule has 0 saturated heterocycles. The zero-order valence-corrected chi connectivity index (χ0v) is 14.9. The summed E-state index contributed by atoms with van der Waals surface area (Å²) in [6.07, 6.45) is -3.13. The summed E-state index contributed by atoms with van der Waals surface area (Å²) < 4.78 is 5.46. The third-order valence-corrected chi connectivity index (χ3v) is 3.88. The average Bonchev–Trinajstić information content (AvgIpc) is 2.62. The first-order valence-electron chi connectivity index (χ1n) is 7.63. The van der Waals surface area contributed by atoms with Crippen molar-refractivity contribution in [2.75, 3.05) is 6.54 Å². The third-order valence-electron chi connectivity index (χ3n) is 3.44. The van der Waals surface area contributed by atoms with Crippen LogP contribution in [0.1, 0.15) is 23.8 Å². The highest BCUT2D eigenvalue weighted by molar-refractivity contribution is 9.10. The molecule has 8 heteroatoms. The molecule has 1 aromatic carbocycles. The van der Waals surface area contributed by atoms with Crippen LogP contribution in [0.3, 0.4) is 0 Å². The largest absolute Gasteiger partial charge is 0.506 e. The highest BCUT2D eigenvalue weighted by atomic mass is 79.9. The number of aromatic hydroxyl groups is 1. The molecule has 1 heterocycles. The lowest BCUT2D eigenvalue weighted by Crippen LogP contribution is -2.30. The number of aliphatic hydroxyl groups is 2. The van der Waals surface area contributed by atoms with E-state index in [2.05, 4.69) is 26.2 Å². The van der Waals surface area contributed by atoms with Crippen molar-refractivity contribution < 1.29 is 24.9 Å². The van der Waals surface area contributed by atoms with Gasteiger partial charge in [-0.05, 0) is 40.0 Å². The maximum absolute atomic E-state index is 11.6. The van der Waals surface area contributed by atoms with Crippen molar-refractivity contribution in [1.82, 2.24) is 10.3 Å². The van der Waals surface area contributed by atoms with Crippen LogP contribution in [0.25, 0.3) is 0 Å². The minimum absolute atomic E-state index is 0.0338. The molecule has 1 amide bonds. The van der Waals surface area contributed by atoms with Crippen molar-refractivity contribution in [3.8, 4) is 5.75 Å². The number of ether oxygens (including phenoxy) is 1. The fourth-order valence-corrected chi connectivity index (χ4v) is 2.42. The Morgan fingerprint density at radius 1 is 1.20 bits per heavy atom. The number of hydrogen-bond donors (Lipinski definition) is 4. The van der Waals surface area contributed by atoms with Crippen LogP contribution in [0.15, 0.2) is 47.1 Å². The number of alkyl carbamates (subject to hydrolysis) is 1. The van der Waals surface area contributed by atoms with Crippen LogP contribution in [-0.4, -0.2) is 39.0 Å². The molecule has 2 aromatic rings. The molecule has 0 spiro atoms. The fraction of sp³-hybridized carbons (Fsp3) is 0.294. The quantitative estimate of drug-likeness (QED) is 0.520. The number of nitrogens with zero attached hydrogens (tertiary/aromatic N) is 1.